The average molecular weight is 264 g/mol. The van der Waals surface area contributed by atoms with Gasteiger partial charge in [0.1, 0.15) is 0 Å². The van der Waals surface area contributed by atoms with E-state index in [1.165, 1.54) is 0 Å². The van der Waals surface area contributed by atoms with Crippen LogP contribution in [0.4, 0.5) is 0 Å². The Morgan fingerprint density at radius 2 is 1.90 bits per heavy atom. The quantitative estimate of drug-likeness (QED) is 0.740. The Morgan fingerprint density at radius 3 is 2.60 bits per heavy atom. The van der Waals surface area contributed by atoms with Gasteiger partial charge in [0.25, 0.3) is 0 Å². The number of hydrogen-bond donors (Lipinski definition) is 0. The first-order valence-corrected chi connectivity index (χ1v) is 6.95. The molecule has 0 N–H and O–H groups in total. The number of benzene rings is 1. The summed E-state index contributed by atoms with van der Waals surface area (Å²) in [5.41, 5.74) is 4.16. The molecule has 1 aromatic heterocycles. The second-order valence-electron chi connectivity index (χ2n) is 4.77. The van der Waals surface area contributed by atoms with E-state index in [0.717, 1.165) is 34.8 Å². The van der Waals surface area contributed by atoms with Crippen LogP contribution in [0.15, 0.2) is 54.6 Å². The van der Waals surface area contributed by atoms with Gasteiger partial charge >= 0.3 is 0 Å². The highest BCUT2D eigenvalue weighted by Crippen LogP contribution is 2.19. The van der Waals surface area contributed by atoms with Gasteiger partial charge in [-0.15, -0.1) is 0 Å². The summed E-state index contributed by atoms with van der Waals surface area (Å²) in [5, 5.41) is 0. The zero-order valence-corrected chi connectivity index (χ0v) is 12.3. The zero-order chi connectivity index (χ0) is 14.4. The molecule has 0 atom stereocenters. The largest absolute Gasteiger partial charge is 0.234 e. The molecule has 0 radical (unpaired) electrons. The van der Waals surface area contributed by atoms with Gasteiger partial charge in [0.15, 0.2) is 5.82 Å². The molecule has 0 spiro atoms. The van der Waals surface area contributed by atoms with Crippen LogP contribution in [0, 0.1) is 6.92 Å². The summed E-state index contributed by atoms with van der Waals surface area (Å²) in [6.07, 6.45) is 7.28. The second kappa shape index (κ2) is 6.80. The summed E-state index contributed by atoms with van der Waals surface area (Å²) in [6, 6.07) is 12.2. The Labute approximate surface area is 120 Å². The van der Waals surface area contributed by atoms with Gasteiger partial charge in [-0.2, -0.15) is 0 Å². The number of aryl methyl sites for hydroxylation is 1. The first-order valence-electron chi connectivity index (χ1n) is 6.95. The van der Waals surface area contributed by atoms with Gasteiger partial charge in [-0.25, -0.2) is 9.97 Å². The minimum atomic E-state index is 0.796. The van der Waals surface area contributed by atoms with Gasteiger partial charge in [0, 0.05) is 11.3 Å². The lowest BCUT2D eigenvalue weighted by Crippen LogP contribution is -1.97. The molecule has 2 nitrogen and oxygen atoms in total. The zero-order valence-electron chi connectivity index (χ0n) is 12.3. The van der Waals surface area contributed by atoms with Crippen molar-refractivity contribution < 1.29 is 0 Å². The van der Waals surface area contributed by atoms with Crippen LogP contribution in [-0.4, -0.2) is 9.97 Å². The number of aromatic nitrogens is 2. The highest BCUT2D eigenvalue weighted by molar-refractivity contribution is 5.64. The summed E-state index contributed by atoms with van der Waals surface area (Å²) in [4.78, 5) is 9.19. The first-order chi connectivity index (χ1) is 9.70. The van der Waals surface area contributed by atoms with Crippen LogP contribution in [0.5, 0.6) is 0 Å². The Hall–Kier alpha value is -2.22. The molecule has 0 saturated heterocycles. The van der Waals surface area contributed by atoms with Crippen molar-refractivity contribution >= 4 is 5.57 Å². The molecule has 1 aromatic carbocycles. The van der Waals surface area contributed by atoms with Crippen molar-refractivity contribution in [3.8, 4) is 11.3 Å². The topological polar surface area (TPSA) is 25.8 Å². The lowest BCUT2D eigenvalue weighted by atomic mass is 10.1. The molecule has 1 heterocycles. The minimum Gasteiger partial charge on any atom is -0.234 e. The Morgan fingerprint density at radius 1 is 1.15 bits per heavy atom. The van der Waals surface area contributed by atoms with E-state index in [-0.39, 0.29) is 0 Å². The molecule has 0 saturated carbocycles. The van der Waals surface area contributed by atoms with Gasteiger partial charge in [-0.05, 0) is 31.9 Å². The molecule has 0 aliphatic heterocycles. The molecule has 20 heavy (non-hydrogen) atoms. The van der Waals surface area contributed by atoms with Crippen LogP contribution in [0.2, 0.25) is 0 Å². The summed E-state index contributed by atoms with van der Waals surface area (Å²) in [6.45, 7) is 6.17. The fourth-order valence-corrected chi connectivity index (χ4v) is 1.92. The molecule has 0 unspecified atom stereocenters. The summed E-state index contributed by atoms with van der Waals surface area (Å²) in [5.74, 6) is 0.796. The molecule has 0 fully saturated rings. The average Bonchev–Trinajstić information content (AvgIpc) is 2.47. The molecule has 0 bridgehead atoms. The van der Waals surface area contributed by atoms with E-state index in [2.05, 4.69) is 47.3 Å². The second-order valence-corrected chi connectivity index (χ2v) is 4.77. The lowest BCUT2D eigenvalue weighted by molar-refractivity contribution is 1.06. The predicted molar refractivity (Wildman–Crippen MR) is 85.3 cm³/mol. The molecule has 0 aliphatic rings. The van der Waals surface area contributed by atoms with Crippen molar-refractivity contribution in [3.63, 3.8) is 0 Å². The van der Waals surface area contributed by atoms with E-state index in [9.17, 15) is 0 Å². The van der Waals surface area contributed by atoms with Gasteiger partial charge in [-0.3, -0.25) is 0 Å². The van der Waals surface area contributed by atoms with Crippen LogP contribution >= 0.6 is 0 Å². The highest BCUT2D eigenvalue weighted by atomic mass is 14.9. The third-order valence-corrected chi connectivity index (χ3v) is 2.99. The van der Waals surface area contributed by atoms with Crippen LogP contribution < -0.4 is 0 Å². The third-order valence-electron chi connectivity index (χ3n) is 2.99. The van der Waals surface area contributed by atoms with Crippen molar-refractivity contribution in [1.29, 1.82) is 0 Å². The van der Waals surface area contributed by atoms with Crippen LogP contribution in [0.25, 0.3) is 16.8 Å². The SMILES string of the molecule is CCC=CC=C(C)c1nc(C)cc(-c2ccccc2)n1. The lowest BCUT2D eigenvalue weighted by Gasteiger charge is -2.06. The molecule has 2 rings (SSSR count). The van der Waals surface area contributed by atoms with Crippen molar-refractivity contribution in [2.75, 3.05) is 0 Å². The number of nitrogens with zero attached hydrogens (tertiary/aromatic N) is 2. The molecule has 2 heteroatoms. The Kier molecular flexibility index (Phi) is 4.83. The fourth-order valence-electron chi connectivity index (χ4n) is 1.92. The van der Waals surface area contributed by atoms with E-state index in [4.69, 9.17) is 0 Å². The van der Waals surface area contributed by atoms with Crippen molar-refractivity contribution in [2.24, 2.45) is 0 Å². The van der Waals surface area contributed by atoms with Crippen LogP contribution in [-0.2, 0) is 0 Å². The van der Waals surface area contributed by atoms with Crippen LogP contribution in [0.1, 0.15) is 31.8 Å². The van der Waals surface area contributed by atoms with E-state index in [1.54, 1.807) is 0 Å². The van der Waals surface area contributed by atoms with E-state index < -0.39 is 0 Å². The van der Waals surface area contributed by atoms with E-state index >= 15 is 0 Å². The molecule has 2 aromatic rings. The number of allylic oxidation sites excluding steroid dienone is 4. The first kappa shape index (κ1) is 14.2. The minimum absolute atomic E-state index is 0.796. The normalized spacial score (nSPS) is 12.1. The van der Waals surface area contributed by atoms with E-state index in [1.807, 2.05) is 38.1 Å². The monoisotopic (exact) mass is 264 g/mol. The van der Waals surface area contributed by atoms with Crippen molar-refractivity contribution in [1.82, 2.24) is 9.97 Å². The molecular formula is C18H20N2. The molecule has 0 aliphatic carbocycles. The van der Waals surface area contributed by atoms with Gasteiger partial charge in [-0.1, -0.05) is 55.5 Å². The van der Waals surface area contributed by atoms with Gasteiger partial charge in [0.05, 0.1) is 5.69 Å². The standard InChI is InChI=1S/C18H20N2/c1-4-5-7-10-14(2)18-19-15(3)13-17(20-18)16-11-8-6-9-12-16/h5-13H,4H2,1-3H3. The maximum atomic E-state index is 4.67. The number of hydrogen-bond acceptors (Lipinski definition) is 2. The fraction of sp³-hybridized carbons (Fsp3) is 0.222. The van der Waals surface area contributed by atoms with Gasteiger partial charge < -0.3 is 0 Å². The van der Waals surface area contributed by atoms with Crippen molar-refractivity contribution in [3.05, 3.63) is 66.1 Å². The van der Waals surface area contributed by atoms with Crippen molar-refractivity contribution in [2.45, 2.75) is 27.2 Å². The Balaban J connectivity index is 2.39. The smallest absolute Gasteiger partial charge is 0.155 e. The highest BCUT2D eigenvalue weighted by Gasteiger charge is 2.05. The van der Waals surface area contributed by atoms with E-state index in [0.29, 0.717) is 0 Å². The maximum absolute atomic E-state index is 4.67. The molecular weight excluding hydrogens is 244 g/mol. The molecule has 0 amide bonds. The summed E-state index contributed by atoms with van der Waals surface area (Å²) in [7, 11) is 0. The van der Waals surface area contributed by atoms with Crippen LogP contribution in [0.3, 0.4) is 0 Å². The summed E-state index contributed by atoms with van der Waals surface area (Å²) < 4.78 is 0. The maximum Gasteiger partial charge on any atom is 0.155 e. The summed E-state index contributed by atoms with van der Waals surface area (Å²) >= 11 is 0. The van der Waals surface area contributed by atoms with Gasteiger partial charge in [0.2, 0.25) is 0 Å². The predicted octanol–water partition coefficient (Wildman–Crippen LogP) is 4.82. The third kappa shape index (κ3) is 3.64. The Bertz CT molecular complexity index is 625. The molecule has 102 valence electrons. The number of rotatable bonds is 4.